The van der Waals surface area contributed by atoms with Gasteiger partial charge in [0.05, 0.1) is 17.6 Å². The van der Waals surface area contributed by atoms with Crippen molar-refractivity contribution in [2.75, 3.05) is 7.11 Å². The van der Waals surface area contributed by atoms with Crippen molar-refractivity contribution in [1.82, 2.24) is 0 Å². The monoisotopic (exact) mass is 291 g/mol. The fraction of sp³-hybridized carbons (Fsp3) is 0.200. The summed E-state index contributed by atoms with van der Waals surface area (Å²) < 4.78 is 4.29. The highest BCUT2D eigenvalue weighted by Crippen LogP contribution is 2.25. The lowest BCUT2D eigenvalue weighted by molar-refractivity contribution is -0.386. The summed E-state index contributed by atoms with van der Waals surface area (Å²) >= 11 is 4.19. The van der Waals surface area contributed by atoms with E-state index in [0.29, 0.717) is 0 Å². The number of hydrogen-bond acceptors (Lipinski definition) is 6. The molecule has 0 spiro atoms. The van der Waals surface area contributed by atoms with Gasteiger partial charge in [0.2, 0.25) is 0 Å². The third kappa shape index (κ3) is 5.80. The van der Waals surface area contributed by atoms with Gasteiger partial charge in [-0.15, -0.1) is 0 Å². The van der Waals surface area contributed by atoms with E-state index in [2.05, 4.69) is 16.3 Å². The second-order valence-corrected chi connectivity index (χ2v) is 3.32. The second kappa shape index (κ2) is 8.01. The van der Waals surface area contributed by atoms with E-state index >= 15 is 0 Å². The second-order valence-electron chi connectivity index (χ2n) is 2.99. The van der Waals surface area contributed by atoms with E-state index in [0.717, 1.165) is 7.11 Å². The Balaban J connectivity index is 0.000000711. The van der Waals surface area contributed by atoms with E-state index in [1.54, 1.807) is 0 Å². The number of carboxylic acid groups (broad SMARTS) is 1. The number of methoxy groups -OCH3 is 1. The number of nitro benzene ring substituents is 1. The molecule has 1 aromatic rings. The van der Waals surface area contributed by atoms with Crippen LogP contribution in [0, 0.1) is 10.1 Å². The van der Waals surface area contributed by atoms with Crippen molar-refractivity contribution in [3.63, 3.8) is 0 Å². The Hall–Kier alpha value is -2.19. The average molecular weight is 292 g/mol. The summed E-state index contributed by atoms with van der Waals surface area (Å²) in [5.41, 5.74) is -1.75. The van der Waals surface area contributed by atoms with Crippen molar-refractivity contribution >= 4 is 28.7 Å². The molecule has 0 bridgehead atoms. The van der Waals surface area contributed by atoms with Crippen LogP contribution in [0.15, 0.2) is 24.3 Å². The van der Waals surface area contributed by atoms with Crippen LogP contribution in [0.1, 0.15) is 11.7 Å². The Morgan fingerprint density at radius 1 is 1.42 bits per heavy atom. The predicted octanol–water partition coefficient (Wildman–Crippen LogP) is 1.70. The molecule has 19 heavy (non-hydrogen) atoms. The molecule has 1 unspecified atom stereocenters. The Morgan fingerprint density at radius 2 is 1.89 bits per heavy atom. The molecule has 0 aliphatic carbocycles. The molecule has 0 radical (unpaired) electrons. The van der Waals surface area contributed by atoms with Crippen LogP contribution in [0.4, 0.5) is 10.5 Å². The van der Waals surface area contributed by atoms with Crippen molar-refractivity contribution in [3.05, 3.63) is 39.9 Å². The SMILES string of the molecule is COC(=O)C(O)c1ccccc1[N+](=O)[O-].O=C(O)Cl. The number of esters is 1. The van der Waals surface area contributed by atoms with Gasteiger partial charge in [0.25, 0.3) is 5.69 Å². The first-order valence-electron chi connectivity index (χ1n) is 4.68. The lowest BCUT2D eigenvalue weighted by atomic mass is 10.1. The summed E-state index contributed by atoms with van der Waals surface area (Å²) in [5, 5.41) is 27.2. The minimum absolute atomic E-state index is 0.0747. The van der Waals surface area contributed by atoms with Gasteiger partial charge in [-0.25, -0.2) is 9.59 Å². The Kier molecular flexibility index (Phi) is 7.08. The smallest absolute Gasteiger partial charge is 0.401 e. The molecule has 2 N–H and O–H groups in total. The van der Waals surface area contributed by atoms with Gasteiger partial charge in [-0.05, 0) is 6.07 Å². The van der Waals surface area contributed by atoms with Crippen LogP contribution in [0.2, 0.25) is 0 Å². The van der Waals surface area contributed by atoms with Crippen LogP contribution in [0.3, 0.4) is 0 Å². The van der Waals surface area contributed by atoms with Crippen LogP contribution in [0.5, 0.6) is 0 Å². The van der Waals surface area contributed by atoms with Crippen molar-refractivity contribution in [1.29, 1.82) is 0 Å². The number of rotatable bonds is 3. The average Bonchev–Trinajstić information content (AvgIpc) is 2.36. The van der Waals surface area contributed by atoms with E-state index in [-0.39, 0.29) is 11.3 Å². The lowest BCUT2D eigenvalue weighted by Crippen LogP contribution is -2.14. The summed E-state index contributed by atoms with van der Waals surface area (Å²) in [6, 6.07) is 5.46. The standard InChI is InChI=1S/C9H9NO5.CHClO2/c1-15-9(12)8(11)6-4-2-3-5-7(6)10(13)14;2-1(3)4/h2-5,8,11H,1H3;(H,3,4). The maximum absolute atomic E-state index is 11.0. The van der Waals surface area contributed by atoms with Crippen molar-refractivity contribution in [2.24, 2.45) is 0 Å². The first kappa shape index (κ1) is 16.8. The highest BCUT2D eigenvalue weighted by Gasteiger charge is 2.25. The maximum atomic E-state index is 11.0. The molecular formula is C10H10ClNO7. The Bertz CT molecular complexity index is 473. The number of ether oxygens (including phenoxy) is 1. The molecule has 1 atom stereocenters. The van der Waals surface area contributed by atoms with Gasteiger partial charge in [0.15, 0.2) is 6.10 Å². The van der Waals surface area contributed by atoms with Gasteiger partial charge in [0.1, 0.15) is 0 Å². The molecule has 0 fully saturated rings. The van der Waals surface area contributed by atoms with Gasteiger partial charge >= 0.3 is 11.4 Å². The van der Waals surface area contributed by atoms with Gasteiger partial charge in [-0.1, -0.05) is 12.1 Å². The van der Waals surface area contributed by atoms with Gasteiger partial charge < -0.3 is 14.9 Å². The zero-order valence-corrected chi connectivity index (χ0v) is 10.4. The first-order valence-corrected chi connectivity index (χ1v) is 5.06. The van der Waals surface area contributed by atoms with Gasteiger partial charge in [0, 0.05) is 17.7 Å². The number of aliphatic hydroxyl groups is 1. The number of carbonyl (C=O) groups is 2. The predicted molar refractivity (Wildman–Crippen MR) is 64.0 cm³/mol. The highest BCUT2D eigenvalue weighted by atomic mass is 35.5. The van der Waals surface area contributed by atoms with Crippen LogP contribution in [0.25, 0.3) is 0 Å². The summed E-state index contributed by atoms with van der Waals surface area (Å²) in [4.78, 5) is 29.7. The lowest BCUT2D eigenvalue weighted by Gasteiger charge is -2.08. The Morgan fingerprint density at radius 3 is 2.32 bits per heavy atom. The van der Waals surface area contributed by atoms with E-state index in [1.165, 1.54) is 24.3 Å². The van der Waals surface area contributed by atoms with Crippen LogP contribution >= 0.6 is 11.6 Å². The number of para-hydroxylation sites is 1. The number of nitro groups is 1. The van der Waals surface area contributed by atoms with Crippen LogP contribution < -0.4 is 0 Å². The zero-order chi connectivity index (χ0) is 15.0. The molecule has 0 aliphatic rings. The van der Waals surface area contributed by atoms with E-state index in [1.807, 2.05) is 0 Å². The largest absolute Gasteiger partial charge is 0.469 e. The van der Waals surface area contributed by atoms with Crippen LogP contribution in [-0.2, 0) is 9.53 Å². The molecule has 0 amide bonds. The van der Waals surface area contributed by atoms with Crippen molar-refractivity contribution in [2.45, 2.75) is 6.10 Å². The molecule has 0 aromatic heterocycles. The van der Waals surface area contributed by atoms with Gasteiger partial charge in [-0.3, -0.25) is 10.1 Å². The highest BCUT2D eigenvalue weighted by molar-refractivity contribution is 6.60. The molecule has 0 saturated heterocycles. The molecule has 8 nitrogen and oxygen atoms in total. The summed E-state index contributed by atoms with van der Waals surface area (Å²) in [5.74, 6) is -0.927. The minimum Gasteiger partial charge on any atom is -0.469 e. The first-order chi connectivity index (χ1) is 8.81. The number of benzene rings is 1. The molecule has 0 heterocycles. The number of carbonyl (C=O) groups excluding carboxylic acids is 1. The summed E-state index contributed by atoms with van der Waals surface area (Å²) in [7, 11) is 1.10. The van der Waals surface area contributed by atoms with Crippen molar-refractivity contribution < 1.29 is 29.5 Å². The number of halogens is 1. The number of hydrogen-bond donors (Lipinski definition) is 2. The summed E-state index contributed by atoms with van der Waals surface area (Å²) in [6.07, 6.45) is -1.63. The fourth-order valence-electron chi connectivity index (χ4n) is 1.12. The third-order valence-electron chi connectivity index (χ3n) is 1.85. The maximum Gasteiger partial charge on any atom is 0.401 e. The molecule has 0 aliphatic heterocycles. The number of aliphatic hydroxyl groups excluding tert-OH is 1. The fourth-order valence-corrected chi connectivity index (χ4v) is 1.12. The third-order valence-corrected chi connectivity index (χ3v) is 1.85. The topological polar surface area (TPSA) is 127 Å². The molecule has 0 saturated carbocycles. The minimum atomic E-state index is -1.63. The van der Waals surface area contributed by atoms with E-state index in [4.69, 9.17) is 9.90 Å². The summed E-state index contributed by atoms with van der Waals surface area (Å²) in [6.45, 7) is 0. The van der Waals surface area contributed by atoms with E-state index in [9.17, 15) is 20.0 Å². The normalized spacial score (nSPS) is 10.7. The molecule has 104 valence electrons. The van der Waals surface area contributed by atoms with Gasteiger partial charge in [-0.2, -0.15) is 0 Å². The van der Waals surface area contributed by atoms with Crippen molar-refractivity contribution in [3.8, 4) is 0 Å². The van der Waals surface area contributed by atoms with Crippen LogP contribution in [-0.4, -0.2) is 33.6 Å². The quantitative estimate of drug-likeness (QED) is 0.375. The molecule has 9 heteroatoms. The molecule has 1 rings (SSSR count). The zero-order valence-electron chi connectivity index (χ0n) is 9.65. The Labute approximate surface area is 112 Å². The molecule has 1 aromatic carbocycles. The number of nitrogens with zero attached hydrogens (tertiary/aromatic N) is 1. The molecular weight excluding hydrogens is 282 g/mol. The van der Waals surface area contributed by atoms with E-state index < -0.39 is 22.4 Å².